The summed E-state index contributed by atoms with van der Waals surface area (Å²) in [5.41, 5.74) is 5.76. The summed E-state index contributed by atoms with van der Waals surface area (Å²) in [6.45, 7) is 2.00. The van der Waals surface area contributed by atoms with E-state index in [1.165, 1.54) is 15.4 Å². The van der Waals surface area contributed by atoms with Gasteiger partial charge >= 0.3 is 5.69 Å². The van der Waals surface area contributed by atoms with Gasteiger partial charge in [0.05, 0.1) is 12.2 Å². The number of hydrogen-bond acceptors (Lipinski definition) is 4. The highest BCUT2D eigenvalue weighted by molar-refractivity contribution is 6.30. The lowest BCUT2D eigenvalue weighted by atomic mass is 10.2. The van der Waals surface area contributed by atoms with Crippen LogP contribution in [0.15, 0.2) is 15.8 Å². The number of aryl methyl sites for hydroxylation is 2. The van der Waals surface area contributed by atoms with E-state index < -0.39 is 11.2 Å². The van der Waals surface area contributed by atoms with Crippen LogP contribution in [0.4, 0.5) is 5.69 Å². The maximum atomic E-state index is 11.6. The molecule has 0 unspecified atom stereocenters. The van der Waals surface area contributed by atoms with Crippen molar-refractivity contribution in [3.8, 4) is 0 Å². The summed E-state index contributed by atoms with van der Waals surface area (Å²) in [7, 11) is 1.71. The fourth-order valence-electron chi connectivity index (χ4n) is 1.67. The Morgan fingerprint density at radius 2 is 2.17 bits per heavy atom. The van der Waals surface area contributed by atoms with Gasteiger partial charge in [0, 0.05) is 18.8 Å². The topological polar surface area (TPSA) is 98.7 Å². The third kappa shape index (κ3) is 2.04. The smallest absolute Gasteiger partial charge is 0.328 e. The fourth-order valence-corrected chi connectivity index (χ4v) is 1.90. The highest BCUT2D eigenvalue weighted by atomic mass is 35.5. The summed E-state index contributed by atoms with van der Waals surface area (Å²) in [5, 5.41) is 4.59. The number of aromatic nitrogens is 4. The number of rotatable bonds is 2. The van der Waals surface area contributed by atoms with Crippen molar-refractivity contribution in [1.82, 2.24) is 19.3 Å². The minimum Gasteiger partial charge on any atom is -0.393 e. The molecular weight excluding hydrogens is 258 g/mol. The second-order valence-electron chi connectivity index (χ2n) is 3.95. The first-order valence-corrected chi connectivity index (χ1v) is 5.55. The first-order chi connectivity index (χ1) is 8.40. The average molecular weight is 270 g/mol. The molecule has 0 atom stereocenters. The van der Waals surface area contributed by atoms with Gasteiger partial charge in [-0.2, -0.15) is 5.10 Å². The summed E-state index contributed by atoms with van der Waals surface area (Å²) in [6, 6.07) is 0. The number of H-pyrrole nitrogens is 1. The van der Waals surface area contributed by atoms with Gasteiger partial charge in [-0.1, -0.05) is 11.6 Å². The second kappa shape index (κ2) is 4.34. The summed E-state index contributed by atoms with van der Waals surface area (Å²) in [5.74, 6) is 0. The Morgan fingerprint density at radius 3 is 2.72 bits per heavy atom. The molecule has 18 heavy (non-hydrogen) atoms. The molecule has 96 valence electrons. The van der Waals surface area contributed by atoms with E-state index in [9.17, 15) is 9.59 Å². The van der Waals surface area contributed by atoms with E-state index in [1.54, 1.807) is 14.0 Å². The standard InChI is InChI=1S/C10H12ClN5O2/c1-5-6(8(11)15(2)14-5)3-16-4-7(12)9(17)13-10(16)18/h4H,3,12H2,1-2H3,(H,13,17,18). The van der Waals surface area contributed by atoms with Gasteiger partial charge < -0.3 is 5.73 Å². The largest absolute Gasteiger partial charge is 0.393 e. The van der Waals surface area contributed by atoms with E-state index in [-0.39, 0.29) is 12.2 Å². The third-order valence-corrected chi connectivity index (χ3v) is 3.11. The van der Waals surface area contributed by atoms with E-state index in [4.69, 9.17) is 17.3 Å². The average Bonchev–Trinajstić information content (AvgIpc) is 2.52. The number of nitrogens with one attached hydrogen (secondary N) is 1. The van der Waals surface area contributed by atoms with E-state index in [0.29, 0.717) is 10.7 Å². The van der Waals surface area contributed by atoms with Crippen molar-refractivity contribution >= 4 is 17.3 Å². The monoisotopic (exact) mass is 269 g/mol. The Labute approximate surface area is 107 Å². The Kier molecular flexibility index (Phi) is 3.00. The van der Waals surface area contributed by atoms with E-state index in [2.05, 4.69) is 10.1 Å². The molecule has 7 nitrogen and oxygen atoms in total. The molecule has 0 saturated carbocycles. The van der Waals surface area contributed by atoms with E-state index >= 15 is 0 Å². The number of nitrogens with zero attached hydrogens (tertiary/aromatic N) is 3. The number of halogens is 1. The number of nitrogen functional groups attached to an aromatic ring is 1. The number of anilines is 1. The highest BCUT2D eigenvalue weighted by Crippen LogP contribution is 2.19. The summed E-state index contributed by atoms with van der Waals surface area (Å²) >= 11 is 6.07. The predicted molar refractivity (Wildman–Crippen MR) is 67.8 cm³/mol. The van der Waals surface area contributed by atoms with Gasteiger partial charge in [0.2, 0.25) is 0 Å². The maximum absolute atomic E-state index is 11.6. The van der Waals surface area contributed by atoms with Crippen molar-refractivity contribution in [2.45, 2.75) is 13.5 Å². The van der Waals surface area contributed by atoms with E-state index in [0.717, 1.165) is 5.69 Å². The number of hydrogen-bond donors (Lipinski definition) is 2. The molecule has 2 rings (SSSR count). The molecule has 0 spiro atoms. The van der Waals surface area contributed by atoms with Gasteiger partial charge in [-0.05, 0) is 6.92 Å². The lowest BCUT2D eigenvalue weighted by molar-refractivity contribution is 0.719. The van der Waals surface area contributed by atoms with Crippen LogP contribution < -0.4 is 17.0 Å². The van der Waals surface area contributed by atoms with Gasteiger partial charge in [0.25, 0.3) is 5.56 Å². The molecule has 2 heterocycles. The molecule has 0 saturated heterocycles. The van der Waals surface area contributed by atoms with Gasteiger partial charge in [0.1, 0.15) is 10.8 Å². The summed E-state index contributed by atoms with van der Waals surface area (Å²) in [4.78, 5) is 24.9. The van der Waals surface area contributed by atoms with Crippen molar-refractivity contribution < 1.29 is 0 Å². The Bertz CT molecular complexity index is 712. The van der Waals surface area contributed by atoms with Gasteiger partial charge in [0.15, 0.2) is 0 Å². The van der Waals surface area contributed by atoms with Crippen molar-refractivity contribution in [3.05, 3.63) is 43.4 Å². The molecule has 3 N–H and O–H groups in total. The first-order valence-electron chi connectivity index (χ1n) is 5.17. The van der Waals surface area contributed by atoms with Crippen LogP contribution in [0.5, 0.6) is 0 Å². The zero-order valence-corrected chi connectivity index (χ0v) is 10.7. The summed E-state index contributed by atoms with van der Waals surface area (Å²) < 4.78 is 2.80. The van der Waals surface area contributed by atoms with Gasteiger partial charge in [-0.25, -0.2) is 4.79 Å². The molecule has 0 aliphatic carbocycles. The molecule has 0 radical (unpaired) electrons. The van der Waals surface area contributed by atoms with Gasteiger partial charge in [-0.3, -0.25) is 19.0 Å². The summed E-state index contributed by atoms with van der Waals surface area (Å²) in [6.07, 6.45) is 1.30. The van der Waals surface area contributed by atoms with Crippen LogP contribution in [0.25, 0.3) is 0 Å². The van der Waals surface area contributed by atoms with Crippen molar-refractivity contribution in [2.75, 3.05) is 5.73 Å². The molecule has 0 aromatic carbocycles. The SMILES string of the molecule is Cc1nn(C)c(Cl)c1Cn1cc(N)c(=O)[nH]c1=O. The first kappa shape index (κ1) is 12.4. The van der Waals surface area contributed by atoms with Crippen LogP contribution in [0.1, 0.15) is 11.3 Å². The van der Waals surface area contributed by atoms with Crippen LogP contribution in [-0.2, 0) is 13.6 Å². The Hall–Kier alpha value is -2.02. The quantitative estimate of drug-likeness (QED) is 0.793. The fraction of sp³-hybridized carbons (Fsp3) is 0.300. The van der Waals surface area contributed by atoms with Crippen LogP contribution in [0.3, 0.4) is 0 Å². The maximum Gasteiger partial charge on any atom is 0.328 e. The molecule has 0 amide bonds. The normalized spacial score (nSPS) is 10.8. The van der Waals surface area contributed by atoms with Crippen molar-refractivity contribution in [3.63, 3.8) is 0 Å². The number of aromatic amines is 1. The zero-order chi connectivity index (χ0) is 13.4. The highest BCUT2D eigenvalue weighted by Gasteiger charge is 2.12. The second-order valence-corrected chi connectivity index (χ2v) is 4.31. The Balaban J connectivity index is 2.50. The molecule has 0 aliphatic rings. The predicted octanol–water partition coefficient (Wildman–Crippen LogP) is -0.138. The zero-order valence-electron chi connectivity index (χ0n) is 9.90. The molecule has 2 aromatic rings. The van der Waals surface area contributed by atoms with Crippen LogP contribution >= 0.6 is 11.6 Å². The molecule has 2 aromatic heterocycles. The lowest BCUT2D eigenvalue weighted by Crippen LogP contribution is -2.31. The molecular formula is C10H12ClN5O2. The molecule has 0 aliphatic heterocycles. The molecule has 0 fully saturated rings. The minimum absolute atomic E-state index is 0.0211. The van der Waals surface area contributed by atoms with E-state index in [1.807, 2.05) is 0 Å². The minimum atomic E-state index is -0.592. The lowest BCUT2D eigenvalue weighted by Gasteiger charge is -2.05. The van der Waals surface area contributed by atoms with Gasteiger partial charge in [-0.15, -0.1) is 0 Å². The molecule has 0 bridgehead atoms. The van der Waals surface area contributed by atoms with Crippen LogP contribution in [0.2, 0.25) is 5.15 Å². The Morgan fingerprint density at radius 1 is 1.50 bits per heavy atom. The van der Waals surface area contributed by atoms with Crippen molar-refractivity contribution in [1.29, 1.82) is 0 Å². The van der Waals surface area contributed by atoms with Crippen LogP contribution in [-0.4, -0.2) is 19.3 Å². The molecule has 8 heteroatoms. The van der Waals surface area contributed by atoms with Crippen molar-refractivity contribution in [2.24, 2.45) is 7.05 Å². The third-order valence-electron chi connectivity index (χ3n) is 2.64. The van der Waals surface area contributed by atoms with Crippen LogP contribution in [0, 0.1) is 6.92 Å². The number of nitrogens with two attached hydrogens (primary N) is 1.